The number of methoxy groups -OCH3 is 1. The first-order chi connectivity index (χ1) is 12.7. The van der Waals surface area contributed by atoms with Crippen LogP contribution in [0.2, 0.25) is 0 Å². The number of carbonyl (C=O) groups is 1. The van der Waals surface area contributed by atoms with Crippen molar-refractivity contribution in [2.24, 2.45) is 0 Å². The summed E-state index contributed by atoms with van der Waals surface area (Å²) in [7, 11) is 1.64. The van der Waals surface area contributed by atoms with Crippen molar-refractivity contribution in [3.8, 4) is 16.9 Å². The molecule has 0 saturated heterocycles. The number of ether oxygens (including phenoxy) is 1. The largest absolute Gasteiger partial charge is 0.497 e. The number of amides is 1. The average Bonchev–Trinajstić information content (AvgIpc) is 2.69. The maximum atomic E-state index is 12.3. The number of benzene rings is 3. The van der Waals surface area contributed by atoms with Crippen LogP contribution in [0.4, 0.5) is 0 Å². The topological polar surface area (TPSA) is 38.3 Å². The van der Waals surface area contributed by atoms with Crippen LogP contribution >= 0.6 is 0 Å². The zero-order valence-electron chi connectivity index (χ0n) is 15.1. The lowest BCUT2D eigenvalue weighted by molar-refractivity contribution is -0.121. The number of hydrogen-bond acceptors (Lipinski definition) is 2. The predicted molar refractivity (Wildman–Crippen MR) is 105 cm³/mol. The van der Waals surface area contributed by atoms with Crippen LogP contribution < -0.4 is 10.1 Å². The van der Waals surface area contributed by atoms with Gasteiger partial charge in [-0.15, -0.1) is 0 Å². The molecule has 0 saturated carbocycles. The molecule has 3 nitrogen and oxygen atoms in total. The third-order valence-corrected chi connectivity index (χ3v) is 4.42. The molecule has 0 aliphatic carbocycles. The van der Waals surface area contributed by atoms with Gasteiger partial charge in [-0.2, -0.15) is 0 Å². The Hall–Kier alpha value is -3.07. The summed E-state index contributed by atoms with van der Waals surface area (Å²) >= 11 is 0. The first-order valence-electron chi connectivity index (χ1n) is 8.73. The molecule has 0 aliphatic rings. The van der Waals surface area contributed by atoms with Crippen molar-refractivity contribution in [3.05, 3.63) is 90.0 Å². The third-order valence-electron chi connectivity index (χ3n) is 4.42. The lowest BCUT2D eigenvalue weighted by atomic mass is 10.0. The van der Waals surface area contributed by atoms with E-state index >= 15 is 0 Å². The molecule has 0 spiro atoms. The minimum absolute atomic E-state index is 0.0146. The molecular formula is C23H23NO2. The van der Waals surface area contributed by atoms with Crippen LogP contribution in [0, 0.1) is 0 Å². The molecule has 1 unspecified atom stereocenters. The summed E-state index contributed by atoms with van der Waals surface area (Å²) in [5.41, 5.74) is 4.39. The van der Waals surface area contributed by atoms with E-state index in [2.05, 4.69) is 29.6 Å². The van der Waals surface area contributed by atoms with Gasteiger partial charge in [0.2, 0.25) is 5.91 Å². The van der Waals surface area contributed by atoms with Gasteiger partial charge in [0.1, 0.15) is 5.75 Å². The molecule has 26 heavy (non-hydrogen) atoms. The normalized spacial score (nSPS) is 11.6. The van der Waals surface area contributed by atoms with Crippen LogP contribution in [0.5, 0.6) is 5.75 Å². The van der Waals surface area contributed by atoms with E-state index in [0.29, 0.717) is 6.42 Å². The lowest BCUT2D eigenvalue weighted by Crippen LogP contribution is -2.28. The lowest BCUT2D eigenvalue weighted by Gasteiger charge is -2.15. The predicted octanol–water partition coefficient (Wildman–Crippen LogP) is 4.78. The summed E-state index contributed by atoms with van der Waals surface area (Å²) < 4.78 is 5.16. The Balaban J connectivity index is 1.59. The Kier molecular flexibility index (Phi) is 5.69. The highest BCUT2D eigenvalue weighted by Gasteiger charge is 2.10. The fourth-order valence-electron chi connectivity index (χ4n) is 2.90. The second-order valence-electron chi connectivity index (χ2n) is 6.30. The number of hydrogen-bond donors (Lipinski definition) is 1. The molecular weight excluding hydrogens is 322 g/mol. The standard InChI is InChI=1S/C23H23NO2/c1-17(19-12-14-22(26-2)15-13-19)24-23(25)16-18-8-10-21(11-9-18)20-6-4-3-5-7-20/h3-15,17H,16H2,1-2H3,(H,24,25). The number of carbonyl (C=O) groups excluding carboxylic acids is 1. The van der Waals surface area contributed by atoms with Crippen LogP contribution in [0.3, 0.4) is 0 Å². The minimum Gasteiger partial charge on any atom is -0.497 e. The van der Waals surface area contributed by atoms with Crippen molar-refractivity contribution in [1.82, 2.24) is 5.32 Å². The first kappa shape index (κ1) is 17.7. The van der Waals surface area contributed by atoms with Crippen LogP contribution in [0.1, 0.15) is 24.1 Å². The van der Waals surface area contributed by atoms with Crippen LogP contribution in [0.15, 0.2) is 78.9 Å². The Labute approximate surface area is 154 Å². The molecule has 0 aliphatic heterocycles. The summed E-state index contributed by atoms with van der Waals surface area (Å²) in [5.74, 6) is 0.826. The zero-order chi connectivity index (χ0) is 18.4. The highest BCUT2D eigenvalue weighted by atomic mass is 16.5. The van der Waals surface area contributed by atoms with Crippen LogP contribution in [0.25, 0.3) is 11.1 Å². The minimum atomic E-state index is -0.0444. The third kappa shape index (κ3) is 4.51. The Bertz CT molecular complexity index is 840. The fourth-order valence-corrected chi connectivity index (χ4v) is 2.90. The van der Waals surface area contributed by atoms with Gasteiger partial charge in [-0.25, -0.2) is 0 Å². The van der Waals surface area contributed by atoms with E-state index in [0.717, 1.165) is 22.4 Å². The summed E-state index contributed by atoms with van der Waals surface area (Å²) in [5, 5.41) is 3.05. The van der Waals surface area contributed by atoms with Gasteiger partial charge < -0.3 is 10.1 Å². The quantitative estimate of drug-likeness (QED) is 0.698. The molecule has 3 aromatic rings. The van der Waals surface area contributed by atoms with Crippen molar-refractivity contribution >= 4 is 5.91 Å². The van der Waals surface area contributed by atoms with Crippen LogP contribution in [-0.4, -0.2) is 13.0 Å². The fraction of sp³-hybridized carbons (Fsp3) is 0.174. The van der Waals surface area contributed by atoms with Crippen LogP contribution in [-0.2, 0) is 11.2 Å². The van der Waals surface area contributed by atoms with Gasteiger partial charge in [-0.05, 0) is 41.3 Å². The highest BCUT2D eigenvalue weighted by molar-refractivity contribution is 5.79. The maximum absolute atomic E-state index is 12.3. The summed E-state index contributed by atoms with van der Waals surface area (Å²) in [6, 6.07) is 26.1. The number of nitrogens with one attached hydrogen (secondary N) is 1. The van der Waals surface area contributed by atoms with Crippen molar-refractivity contribution in [2.45, 2.75) is 19.4 Å². The van der Waals surface area contributed by atoms with Gasteiger partial charge in [0.05, 0.1) is 19.6 Å². The zero-order valence-corrected chi connectivity index (χ0v) is 15.1. The summed E-state index contributed by atoms with van der Waals surface area (Å²) in [6.07, 6.45) is 0.371. The van der Waals surface area contributed by atoms with Crippen molar-refractivity contribution in [1.29, 1.82) is 0 Å². The number of rotatable bonds is 6. The van der Waals surface area contributed by atoms with Crippen molar-refractivity contribution < 1.29 is 9.53 Å². The molecule has 0 heterocycles. The second kappa shape index (κ2) is 8.34. The van der Waals surface area contributed by atoms with E-state index < -0.39 is 0 Å². The average molecular weight is 345 g/mol. The van der Waals surface area contributed by atoms with E-state index in [9.17, 15) is 4.79 Å². The van der Waals surface area contributed by atoms with E-state index in [1.807, 2.05) is 61.5 Å². The second-order valence-corrected chi connectivity index (χ2v) is 6.30. The Morgan fingerprint density at radius 3 is 2.12 bits per heavy atom. The van der Waals surface area contributed by atoms with Gasteiger partial charge >= 0.3 is 0 Å². The highest BCUT2D eigenvalue weighted by Crippen LogP contribution is 2.20. The van der Waals surface area contributed by atoms with Crippen molar-refractivity contribution in [3.63, 3.8) is 0 Å². The monoisotopic (exact) mass is 345 g/mol. The first-order valence-corrected chi connectivity index (χ1v) is 8.73. The summed E-state index contributed by atoms with van der Waals surface area (Å²) in [4.78, 5) is 12.3. The molecule has 3 aromatic carbocycles. The van der Waals surface area contributed by atoms with E-state index in [1.165, 1.54) is 5.56 Å². The Morgan fingerprint density at radius 1 is 0.885 bits per heavy atom. The molecule has 1 amide bonds. The SMILES string of the molecule is COc1ccc(C(C)NC(=O)Cc2ccc(-c3ccccc3)cc2)cc1. The molecule has 1 N–H and O–H groups in total. The van der Waals surface area contributed by atoms with Gasteiger partial charge in [0, 0.05) is 0 Å². The molecule has 0 radical (unpaired) electrons. The molecule has 132 valence electrons. The molecule has 3 rings (SSSR count). The summed E-state index contributed by atoms with van der Waals surface area (Å²) in [6.45, 7) is 1.98. The van der Waals surface area contributed by atoms with Crippen molar-refractivity contribution in [2.75, 3.05) is 7.11 Å². The van der Waals surface area contributed by atoms with Gasteiger partial charge in [-0.1, -0.05) is 66.7 Å². The van der Waals surface area contributed by atoms with E-state index in [-0.39, 0.29) is 11.9 Å². The molecule has 0 aromatic heterocycles. The van der Waals surface area contributed by atoms with E-state index in [4.69, 9.17) is 4.74 Å². The van der Waals surface area contributed by atoms with Gasteiger partial charge in [0.25, 0.3) is 0 Å². The van der Waals surface area contributed by atoms with Gasteiger partial charge in [0.15, 0.2) is 0 Å². The molecule has 1 atom stereocenters. The smallest absolute Gasteiger partial charge is 0.224 e. The van der Waals surface area contributed by atoms with Gasteiger partial charge in [-0.3, -0.25) is 4.79 Å². The molecule has 3 heteroatoms. The Morgan fingerprint density at radius 2 is 1.50 bits per heavy atom. The molecule has 0 fully saturated rings. The molecule has 0 bridgehead atoms. The van der Waals surface area contributed by atoms with E-state index in [1.54, 1.807) is 7.11 Å². The maximum Gasteiger partial charge on any atom is 0.224 e.